The van der Waals surface area contributed by atoms with Crippen LogP contribution in [0.3, 0.4) is 0 Å². The minimum absolute atomic E-state index is 0.114. The lowest BCUT2D eigenvalue weighted by molar-refractivity contribution is 0.295. The highest BCUT2D eigenvalue weighted by molar-refractivity contribution is 7.91. The van der Waals surface area contributed by atoms with Crippen molar-refractivity contribution in [1.29, 1.82) is 0 Å². The molecule has 0 saturated carbocycles. The normalized spacial score (nSPS) is 11.5. The van der Waals surface area contributed by atoms with Gasteiger partial charge in [0.05, 0.1) is 5.75 Å². The first-order chi connectivity index (χ1) is 6.97. The zero-order chi connectivity index (χ0) is 11.5. The zero-order valence-electron chi connectivity index (χ0n) is 7.92. The van der Waals surface area contributed by atoms with Crippen LogP contribution in [0, 0.1) is 0 Å². The summed E-state index contributed by atoms with van der Waals surface area (Å²) in [5.74, 6) is -0.913. The van der Waals surface area contributed by atoms with Crippen molar-refractivity contribution in [3.63, 3.8) is 0 Å². The third kappa shape index (κ3) is 2.84. The number of aliphatic hydroxyl groups is 1. The van der Waals surface area contributed by atoms with Crippen LogP contribution in [0.25, 0.3) is 0 Å². The Hall–Kier alpha value is -1.27. The highest BCUT2D eigenvalue weighted by Crippen LogP contribution is 2.27. The summed E-state index contributed by atoms with van der Waals surface area (Å²) in [6.07, 6.45) is 0.114. The topological polar surface area (TPSA) is 94.8 Å². The zero-order valence-corrected chi connectivity index (χ0v) is 8.74. The van der Waals surface area contributed by atoms with Crippen LogP contribution in [-0.4, -0.2) is 36.1 Å². The van der Waals surface area contributed by atoms with Gasteiger partial charge in [0, 0.05) is 12.7 Å². The summed E-state index contributed by atoms with van der Waals surface area (Å²) in [7, 11) is -3.59. The molecule has 1 rings (SSSR count). The fraction of sp³-hybridized carbons (Fsp3) is 0.333. The molecule has 3 N–H and O–H groups in total. The van der Waals surface area contributed by atoms with E-state index in [0.717, 1.165) is 12.1 Å². The predicted molar refractivity (Wildman–Crippen MR) is 53.5 cm³/mol. The summed E-state index contributed by atoms with van der Waals surface area (Å²) < 4.78 is 23.1. The SMILES string of the molecule is O=S(=O)(CCCO)c1ccc(O)cc1O. The van der Waals surface area contributed by atoms with Crippen molar-refractivity contribution in [2.45, 2.75) is 11.3 Å². The number of aliphatic hydroxyl groups excluding tert-OH is 1. The van der Waals surface area contributed by atoms with Gasteiger partial charge in [0.15, 0.2) is 9.84 Å². The summed E-state index contributed by atoms with van der Waals surface area (Å²) in [5.41, 5.74) is 0. The second-order valence-electron chi connectivity index (χ2n) is 3.05. The van der Waals surface area contributed by atoms with Gasteiger partial charge in [0.1, 0.15) is 16.4 Å². The van der Waals surface area contributed by atoms with E-state index < -0.39 is 15.6 Å². The fourth-order valence-corrected chi connectivity index (χ4v) is 2.52. The Morgan fingerprint density at radius 1 is 1.20 bits per heavy atom. The molecule has 0 saturated heterocycles. The van der Waals surface area contributed by atoms with Crippen molar-refractivity contribution in [2.75, 3.05) is 12.4 Å². The number of sulfone groups is 1. The number of rotatable bonds is 4. The number of phenolic OH excluding ortho intramolecular Hbond substituents is 2. The Bertz CT molecular complexity index is 438. The molecule has 0 aromatic heterocycles. The van der Waals surface area contributed by atoms with Crippen molar-refractivity contribution in [3.8, 4) is 11.5 Å². The van der Waals surface area contributed by atoms with Gasteiger partial charge in [-0.1, -0.05) is 0 Å². The highest BCUT2D eigenvalue weighted by Gasteiger charge is 2.18. The van der Waals surface area contributed by atoms with Crippen LogP contribution in [0.15, 0.2) is 23.1 Å². The second-order valence-corrected chi connectivity index (χ2v) is 5.13. The van der Waals surface area contributed by atoms with Gasteiger partial charge in [0.25, 0.3) is 0 Å². The Kier molecular flexibility index (Phi) is 3.54. The average molecular weight is 232 g/mol. The Morgan fingerprint density at radius 3 is 2.40 bits per heavy atom. The van der Waals surface area contributed by atoms with Crippen molar-refractivity contribution in [2.24, 2.45) is 0 Å². The first kappa shape index (κ1) is 11.8. The molecule has 0 radical (unpaired) electrons. The number of hydrogen-bond acceptors (Lipinski definition) is 5. The lowest BCUT2D eigenvalue weighted by Crippen LogP contribution is -2.08. The van der Waals surface area contributed by atoms with Crippen LogP contribution in [0.1, 0.15) is 6.42 Å². The first-order valence-electron chi connectivity index (χ1n) is 4.33. The lowest BCUT2D eigenvalue weighted by Gasteiger charge is -2.05. The molecule has 1 aromatic rings. The lowest BCUT2D eigenvalue weighted by atomic mass is 10.3. The van der Waals surface area contributed by atoms with Gasteiger partial charge >= 0.3 is 0 Å². The Balaban J connectivity index is 3.05. The van der Waals surface area contributed by atoms with Crippen molar-refractivity contribution in [1.82, 2.24) is 0 Å². The maximum Gasteiger partial charge on any atom is 0.182 e. The van der Waals surface area contributed by atoms with E-state index in [1.54, 1.807) is 0 Å². The number of benzene rings is 1. The van der Waals surface area contributed by atoms with Crippen molar-refractivity contribution < 1.29 is 23.7 Å². The first-order valence-corrected chi connectivity index (χ1v) is 5.98. The number of aromatic hydroxyl groups is 2. The Morgan fingerprint density at radius 2 is 1.87 bits per heavy atom. The molecule has 15 heavy (non-hydrogen) atoms. The Labute approximate surface area is 87.5 Å². The summed E-state index contributed by atoms with van der Waals surface area (Å²) in [6.45, 7) is -0.224. The van der Waals surface area contributed by atoms with Crippen LogP contribution in [-0.2, 0) is 9.84 Å². The van der Waals surface area contributed by atoms with Gasteiger partial charge < -0.3 is 15.3 Å². The van der Waals surface area contributed by atoms with E-state index in [9.17, 15) is 13.5 Å². The minimum Gasteiger partial charge on any atom is -0.508 e. The highest BCUT2D eigenvalue weighted by atomic mass is 32.2. The largest absolute Gasteiger partial charge is 0.508 e. The van der Waals surface area contributed by atoms with Crippen LogP contribution in [0.2, 0.25) is 0 Å². The van der Waals surface area contributed by atoms with Gasteiger partial charge in [-0.05, 0) is 18.6 Å². The van der Waals surface area contributed by atoms with E-state index in [-0.39, 0.29) is 29.4 Å². The molecule has 0 aliphatic carbocycles. The predicted octanol–water partition coefficient (Wildman–Crippen LogP) is 0.254. The minimum atomic E-state index is -3.59. The molecule has 6 heteroatoms. The molecule has 0 spiro atoms. The molecule has 0 atom stereocenters. The summed E-state index contributed by atoms with van der Waals surface area (Å²) in [4.78, 5) is -0.228. The quantitative estimate of drug-likeness (QED) is 0.692. The van der Waals surface area contributed by atoms with E-state index in [2.05, 4.69) is 0 Å². The van der Waals surface area contributed by atoms with Gasteiger partial charge in [-0.25, -0.2) is 8.42 Å². The van der Waals surface area contributed by atoms with Crippen LogP contribution in [0.5, 0.6) is 11.5 Å². The molecule has 0 amide bonds. The fourth-order valence-electron chi connectivity index (χ4n) is 1.13. The van der Waals surface area contributed by atoms with E-state index in [1.165, 1.54) is 6.07 Å². The monoisotopic (exact) mass is 232 g/mol. The van der Waals surface area contributed by atoms with Gasteiger partial charge in [-0.15, -0.1) is 0 Å². The third-order valence-corrected chi connectivity index (χ3v) is 3.69. The molecule has 5 nitrogen and oxygen atoms in total. The number of hydrogen-bond donors (Lipinski definition) is 3. The third-order valence-electron chi connectivity index (χ3n) is 1.85. The molecule has 1 aromatic carbocycles. The van der Waals surface area contributed by atoms with Crippen LogP contribution < -0.4 is 0 Å². The molecule has 84 valence electrons. The maximum absolute atomic E-state index is 11.6. The molecule has 0 aliphatic heterocycles. The second kappa shape index (κ2) is 4.50. The van der Waals surface area contributed by atoms with E-state index >= 15 is 0 Å². The van der Waals surface area contributed by atoms with E-state index in [0.29, 0.717) is 0 Å². The smallest absolute Gasteiger partial charge is 0.182 e. The standard InChI is InChI=1S/C9H12O5S/c10-4-1-5-15(13,14)9-3-2-7(11)6-8(9)12/h2-3,6,10-12H,1,4-5H2. The van der Waals surface area contributed by atoms with E-state index in [1.807, 2.05) is 0 Å². The summed E-state index contributed by atoms with van der Waals surface area (Å²) in [5, 5.41) is 26.8. The molecule has 0 bridgehead atoms. The molecule has 0 unspecified atom stereocenters. The van der Waals surface area contributed by atoms with Crippen LogP contribution >= 0.6 is 0 Å². The maximum atomic E-state index is 11.6. The average Bonchev–Trinajstić information content (AvgIpc) is 2.14. The van der Waals surface area contributed by atoms with Gasteiger partial charge in [0.2, 0.25) is 0 Å². The molecule has 0 heterocycles. The van der Waals surface area contributed by atoms with Gasteiger partial charge in [-0.2, -0.15) is 0 Å². The van der Waals surface area contributed by atoms with E-state index in [4.69, 9.17) is 10.2 Å². The van der Waals surface area contributed by atoms with Crippen molar-refractivity contribution in [3.05, 3.63) is 18.2 Å². The molecule has 0 aliphatic rings. The summed E-state index contributed by atoms with van der Waals surface area (Å²) in [6, 6.07) is 3.29. The molecular formula is C9H12O5S. The molecule has 0 fully saturated rings. The van der Waals surface area contributed by atoms with Crippen LogP contribution in [0.4, 0.5) is 0 Å². The van der Waals surface area contributed by atoms with Gasteiger partial charge in [-0.3, -0.25) is 0 Å². The summed E-state index contributed by atoms with van der Waals surface area (Å²) >= 11 is 0. The molecular weight excluding hydrogens is 220 g/mol. The number of phenols is 2. The van der Waals surface area contributed by atoms with Crippen molar-refractivity contribution >= 4 is 9.84 Å².